The minimum Gasteiger partial charge on any atom is -0.388 e. The molecule has 2 aliphatic carbocycles. The van der Waals surface area contributed by atoms with E-state index in [1.54, 1.807) is 30.1 Å². The Hall–Kier alpha value is -4.13. The molecular formula is C36H49ClF4N12O2. The quantitative estimate of drug-likeness (QED) is 0.118. The van der Waals surface area contributed by atoms with Crippen LogP contribution >= 0.6 is 11.6 Å². The van der Waals surface area contributed by atoms with Gasteiger partial charge in [-0.2, -0.15) is 30.1 Å². The molecule has 19 heteroatoms. The van der Waals surface area contributed by atoms with Gasteiger partial charge < -0.3 is 31.1 Å². The molecule has 300 valence electrons. The second-order valence-corrected chi connectivity index (χ2v) is 16.0. The fourth-order valence-corrected chi connectivity index (χ4v) is 6.79. The van der Waals surface area contributed by atoms with Crippen molar-refractivity contribution in [2.45, 2.75) is 114 Å². The Morgan fingerprint density at radius 3 is 1.53 bits per heavy atom. The second kappa shape index (κ2) is 16.2. The van der Waals surface area contributed by atoms with Crippen molar-refractivity contribution in [3.05, 3.63) is 53.2 Å². The molecule has 0 radical (unpaired) electrons. The zero-order chi connectivity index (χ0) is 39.6. The molecule has 14 nitrogen and oxygen atoms in total. The highest BCUT2D eigenvalue weighted by molar-refractivity contribution is 6.29. The van der Waals surface area contributed by atoms with Gasteiger partial charge in [0.05, 0.1) is 22.6 Å². The first-order chi connectivity index (χ1) is 25.8. The number of aromatic nitrogens is 8. The van der Waals surface area contributed by atoms with Gasteiger partial charge in [-0.1, -0.05) is 11.6 Å². The fraction of sp³-hybridized carbons (Fsp3) is 0.611. The van der Waals surface area contributed by atoms with Gasteiger partial charge in [0.25, 0.3) is 11.9 Å². The maximum atomic E-state index is 13.4. The number of aryl methyl sites for hydroxylation is 2. The summed E-state index contributed by atoms with van der Waals surface area (Å²) in [5, 5.41) is 37.2. The first kappa shape index (κ1) is 40.5. The maximum absolute atomic E-state index is 13.4. The van der Waals surface area contributed by atoms with Crippen molar-refractivity contribution in [1.82, 2.24) is 44.8 Å². The number of β-amino-alcohol motifs (C(OH)–C–C–N with tert-alkyl or cyclic N) is 2. The van der Waals surface area contributed by atoms with Crippen LogP contribution in [-0.2, 0) is 0 Å². The second-order valence-electron chi connectivity index (χ2n) is 15.6. The summed E-state index contributed by atoms with van der Waals surface area (Å²) < 4.78 is 56.3. The van der Waals surface area contributed by atoms with Crippen LogP contribution in [0.1, 0.15) is 76.6 Å². The van der Waals surface area contributed by atoms with E-state index in [-0.39, 0.29) is 48.5 Å². The van der Waals surface area contributed by atoms with Crippen LogP contribution in [-0.4, -0.2) is 111 Å². The fourth-order valence-electron chi connectivity index (χ4n) is 6.61. The van der Waals surface area contributed by atoms with E-state index in [0.29, 0.717) is 68.1 Å². The van der Waals surface area contributed by atoms with Crippen LogP contribution in [0.25, 0.3) is 11.9 Å². The van der Waals surface area contributed by atoms with Crippen LogP contribution in [0.15, 0.2) is 36.7 Å². The lowest BCUT2D eigenvalue weighted by Gasteiger charge is -2.45. The van der Waals surface area contributed by atoms with Crippen LogP contribution in [0, 0.1) is 13.8 Å². The van der Waals surface area contributed by atoms with Crippen LogP contribution in [0.5, 0.6) is 0 Å². The number of nitrogens with one attached hydrogen (secondary N) is 3. The van der Waals surface area contributed by atoms with E-state index >= 15 is 0 Å². The summed E-state index contributed by atoms with van der Waals surface area (Å²) in [4.78, 5) is 19.5. The summed E-state index contributed by atoms with van der Waals surface area (Å²) >= 11 is 6.02. The Morgan fingerprint density at radius 1 is 0.709 bits per heavy atom. The Kier molecular flexibility index (Phi) is 11.9. The van der Waals surface area contributed by atoms with Crippen molar-refractivity contribution >= 4 is 29.1 Å². The first-order valence-corrected chi connectivity index (χ1v) is 18.9. The highest BCUT2D eigenvalue weighted by Crippen LogP contribution is 2.36. The number of rotatable bonds is 7. The van der Waals surface area contributed by atoms with E-state index in [4.69, 9.17) is 16.7 Å². The summed E-state index contributed by atoms with van der Waals surface area (Å²) in [6.07, 6.45) is 4.73. The van der Waals surface area contributed by atoms with Crippen molar-refractivity contribution in [3.8, 4) is 11.9 Å². The van der Waals surface area contributed by atoms with Crippen LogP contribution in [0.2, 0.25) is 5.15 Å². The van der Waals surface area contributed by atoms with E-state index in [1.807, 2.05) is 43.9 Å². The van der Waals surface area contributed by atoms with Gasteiger partial charge in [0.1, 0.15) is 22.6 Å². The van der Waals surface area contributed by atoms with E-state index in [2.05, 4.69) is 46.1 Å². The SMILES string of the molecule is CC1(O)CNC1.Cc1ccn(-c2nc(Cl)cc(NC3CCC(F)(F)CC3)n2)n1.Cc1ccn(-c2nc(NC3CCC(F)(F)CC3)cc(N3CC(C)(O)C3)n2)n1. The number of anilines is 3. The molecule has 4 aliphatic rings. The van der Waals surface area contributed by atoms with Gasteiger partial charge in [-0.25, -0.2) is 26.9 Å². The molecule has 5 N–H and O–H groups in total. The Balaban J connectivity index is 0.000000165. The van der Waals surface area contributed by atoms with Crippen LogP contribution < -0.4 is 20.9 Å². The van der Waals surface area contributed by atoms with Crippen molar-refractivity contribution in [2.24, 2.45) is 0 Å². The molecule has 55 heavy (non-hydrogen) atoms. The van der Waals surface area contributed by atoms with Crippen LogP contribution in [0.3, 0.4) is 0 Å². The van der Waals surface area contributed by atoms with Gasteiger partial charge in [-0.3, -0.25) is 0 Å². The highest BCUT2D eigenvalue weighted by atomic mass is 35.5. The largest absolute Gasteiger partial charge is 0.388 e. The predicted octanol–water partition coefficient (Wildman–Crippen LogP) is 5.49. The molecule has 0 aromatic carbocycles. The average molecular weight is 793 g/mol. The zero-order valence-corrected chi connectivity index (χ0v) is 32.2. The average Bonchev–Trinajstić information content (AvgIpc) is 3.73. The molecule has 4 aromatic rings. The van der Waals surface area contributed by atoms with Gasteiger partial charge >= 0.3 is 0 Å². The van der Waals surface area contributed by atoms with Gasteiger partial charge in [0, 0.05) is 88.5 Å². The first-order valence-electron chi connectivity index (χ1n) is 18.5. The minimum absolute atomic E-state index is 0.0298. The van der Waals surface area contributed by atoms with E-state index in [0.717, 1.165) is 24.5 Å². The summed E-state index contributed by atoms with van der Waals surface area (Å²) in [6, 6.07) is 7.02. The molecule has 0 atom stereocenters. The van der Waals surface area contributed by atoms with Gasteiger partial charge in [-0.05, 0) is 65.5 Å². The minimum atomic E-state index is -2.56. The molecule has 0 bridgehead atoms. The third-order valence-electron chi connectivity index (χ3n) is 9.78. The molecule has 2 aliphatic heterocycles. The molecule has 6 heterocycles. The van der Waals surface area contributed by atoms with Gasteiger partial charge in [0.15, 0.2) is 0 Å². The number of alkyl halides is 4. The summed E-state index contributed by atoms with van der Waals surface area (Å²) in [6.45, 7) is 9.83. The predicted molar refractivity (Wildman–Crippen MR) is 201 cm³/mol. The van der Waals surface area contributed by atoms with Crippen molar-refractivity contribution in [3.63, 3.8) is 0 Å². The van der Waals surface area contributed by atoms with Crippen molar-refractivity contribution in [1.29, 1.82) is 0 Å². The lowest BCUT2D eigenvalue weighted by atomic mass is 9.92. The molecule has 2 saturated carbocycles. The molecule has 4 aromatic heterocycles. The molecule has 0 unspecified atom stereocenters. The standard InChI is InChI=1S/C18H24F2N6O.C14H16ClF2N5.C4H9NO/c1-12-5-8-26(24-12)16-22-14(21-13-3-6-18(19,20)7-4-13)9-15(23-16)25-10-17(2,27)11-25;1-9-4-7-22(21-9)13-19-11(15)8-12(20-13)18-10-2-5-14(16,17)6-3-10;1-4(6)2-5-3-4/h5,8-9,13,27H,3-4,6-7,10-11H2,1-2H3,(H,21,22,23);4,7-8,10H,2-3,5-6H2,1H3,(H,18,19,20);5-6H,2-3H2,1H3. The molecule has 2 saturated heterocycles. The topological polar surface area (TPSA) is 167 Å². The summed E-state index contributed by atoms with van der Waals surface area (Å²) in [5.74, 6) is -2.54. The molecule has 4 fully saturated rings. The van der Waals surface area contributed by atoms with Crippen LogP contribution in [0.4, 0.5) is 35.0 Å². The maximum Gasteiger partial charge on any atom is 0.254 e. The molecule has 0 spiro atoms. The summed E-state index contributed by atoms with van der Waals surface area (Å²) in [5.41, 5.74) is 0.572. The zero-order valence-electron chi connectivity index (χ0n) is 31.4. The molecular weight excluding hydrogens is 744 g/mol. The molecule has 0 amide bonds. The van der Waals surface area contributed by atoms with Crippen molar-refractivity contribution in [2.75, 3.05) is 41.7 Å². The normalized spacial score (nSPS) is 21.2. The van der Waals surface area contributed by atoms with E-state index in [9.17, 15) is 22.7 Å². The smallest absolute Gasteiger partial charge is 0.254 e. The summed E-state index contributed by atoms with van der Waals surface area (Å²) in [7, 11) is 0. The Labute approximate surface area is 322 Å². The monoisotopic (exact) mass is 792 g/mol. The number of nitrogens with zero attached hydrogens (tertiary/aromatic N) is 9. The molecule has 8 rings (SSSR count). The number of hydrogen-bond acceptors (Lipinski definition) is 12. The lowest BCUT2D eigenvalue weighted by molar-refractivity contribution is -0.0366. The van der Waals surface area contributed by atoms with Gasteiger partial charge in [-0.15, -0.1) is 0 Å². The third-order valence-corrected chi connectivity index (χ3v) is 9.97. The van der Waals surface area contributed by atoms with E-state index < -0.39 is 17.4 Å². The third kappa shape index (κ3) is 11.5. The van der Waals surface area contributed by atoms with Gasteiger partial charge in [0.2, 0.25) is 11.8 Å². The van der Waals surface area contributed by atoms with Crippen molar-refractivity contribution < 1.29 is 27.8 Å². The van der Waals surface area contributed by atoms with E-state index in [1.165, 1.54) is 4.68 Å². The number of halogens is 5. The Morgan fingerprint density at radius 2 is 1.15 bits per heavy atom. The number of hydrogen-bond donors (Lipinski definition) is 5. The highest BCUT2D eigenvalue weighted by Gasteiger charge is 2.39. The lowest BCUT2D eigenvalue weighted by Crippen LogP contribution is -2.60. The Bertz CT molecular complexity index is 1890. The number of aliphatic hydroxyl groups is 2.